The maximum atomic E-state index is 11.2. The molecule has 2 rings (SSSR count). The van der Waals surface area contributed by atoms with Crippen molar-refractivity contribution < 1.29 is 14.6 Å². The molecule has 0 saturated heterocycles. The second-order valence-corrected chi connectivity index (χ2v) is 5.00. The van der Waals surface area contributed by atoms with Crippen molar-refractivity contribution >= 4 is 17.6 Å². The van der Waals surface area contributed by atoms with Crippen molar-refractivity contribution in [1.82, 2.24) is 4.57 Å². The Morgan fingerprint density at radius 3 is 2.65 bits per heavy atom. The van der Waals surface area contributed by atoms with Gasteiger partial charge < -0.3 is 14.4 Å². The molecule has 1 aromatic carbocycles. The highest BCUT2D eigenvalue weighted by atomic mass is 35.5. The molecule has 5 heteroatoms. The summed E-state index contributed by atoms with van der Waals surface area (Å²) in [4.78, 5) is 11.2. The van der Waals surface area contributed by atoms with E-state index < -0.39 is 5.97 Å². The van der Waals surface area contributed by atoms with E-state index in [0.717, 1.165) is 11.3 Å². The van der Waals surface area contributed by atoms with Crippen LogP contribution in [0.15, 0.2) is 24.3 Å². The number of hydrogen-bond acceptors (Lipinski definition) is 2. The molecule has 1 N–H and O–H groups in total. The van der Waals surface area contributed by atoms with Gasteiger partial charge in [0.05, 0.1) is 19.2 Å². The third-order valence-electron chi connectivity index (χ3n) is 3.42. The molecule has 0 aliphatic rings. The lowest BCUT2D eigenvalue weighted by Crippen LogP contribution is -2.07. The van der Waals surface area contributed by atoms with Gasteiger partial charge in [0, 0.05) is 22.0 Å². The summed E-state index contributed by atoms with van der Waals surface area (Å²) in [6, 6.07) is 7.13. The summed E-state index contributed by atoms with van der Waals surface area (Å²) in [5.74, 6) is -0.225. The normalized spacial score (nSPS) is 10.6. The summed E-state index contributed by atoms with van der Waals surface area (Å²) in [7, 11) is 1.59. The summed E-state index contributed by atoms with van der Waals surface area (Å²) < 4.78 is 7.24. The molecular weight excluding hydrogens is 278 g/mol. The van der Waals surface area contributed by atoms with Crippen LogP contribution < -0.4 is 4.74 Å². The lowest BCUT2D eigenvalue weighted by Gasteiger charge is -2.14. The number of carboxylic acids is 1. The first-order chi connectivity index (χ1) is 9.45. The van der Waals surface area contributed by atoms with Crippen LogP contribution in [-0.2, 0) is 6.54 Å². The highest BCUT2D eigenvalue weighted by Crippen LogP contribution is 2.28. The van der Waals surface area contributed by atoms with E-state index in [0.29, 0.717) is 28.6 Å². The van der Waals surface area contributed by atoms with Gasteiger partial charge in [0.15, 0.2) is 0 Å². The zero-order valence-corrected chi connectivity index (χ0v) is 12.4. The predicted molar refractivity (Wildman–Crippen MR) is 78.0 cm³/mol. The lowest BCUT2D eigenvalue weighted by molar-refractivity contribution is 0.0696. The van der Waals surface area contributed by atoms with Crippen molar-refractivity contribution in [3.8, 4) is 5.75 Å². The third-order valence-corrected chi connectivity index (χ3v) is 3.77. The van der Waals surface area contributed by atoms with Gasteiger partial charge in [0.2, 0.25) is 0 Å². The number of carbonyl (C=O) groups is 1. The third kappa shape index (κ3) is 2.51. The van der Waals surface area contributed by atoms with Gasteiger partial charge >= 0.3 is 5.97 Å². The monoisotopic (exact) mass is 293 g/mol. The number of aromatic nitrogens is 1. The van der Waals surface area contributed by atoms with Gasteiger partial charge in [-0.3, -0.25) is 0 Å². The first-order valence-corrected chi connectivity index (χ1v) is 6.55. The molecule has 4 nitrogen and oxygen atoms in total. The van der Waals surface area contributed by atoms with Gasteiger partial charge in [0.1, 0.15) is 5.75 Å². The van der Waals surface area contributed by atoms with Crippen molar-refractivity contribution in [3.63, 3.8) is 0 Å². The molecule has 0 aliphatic heterocycles. The molecule has 106 valence electrons. The Bertz CT molecular complexity index is 661. The predicted octanol–water partition coefficient (Wildman–Crippen LogP) is 3.51. The van der Waals surface area contributed by atoms with E-state index in [9.17, 15) is 4.79 Å². The van der Waals surface area contributed by atoms with Crippen LogP contribution in [0, 0.1) is 13.8 Å². The largest absolute Gasteiger partial charge is 0.496 e. The first kappa shape index (κ1) is 14.5. The summed E-state index contributed by atoms with van der Waals surface area (Å²) in [5, 5.41) is 9.77. The summed E-state index contributed by atoms with van der Waals surface area (Å²) in [6.07, 6.45) is 0. The van der Waals surface area contributed by atoms with Crippen molar-refractivity contribution in [3.05, 3.63) is 51.8 Å². The summed E-state index contributed by atoms with van der Waals surface area (Å²) >= 11 is 6.22. The molecule has 0 radical (unpaired) electrons. The molecule has 0 atom stereocenters. The molecule has 0 unspecified atom stereocenters. The highest BCUT2D eigenvalue weighted by Gasteiger charge is 2.17. The Hall–Kier alpha value is -1.94. The molecule has 0 fully saturated rings. The van der Waals surface area contributed by atoms with Gasteiger partial charge in [-0.05, 0) is 32.0 Å². The minimum Gasteiger partial charge on any atom is -0.496 e. The quantitative estimate of drug-likeness (QED) is 0.938. The molecule has 0 spiro atoms. The van der Waals surface area contributed by atoms with Gasteiger partial charge in [-0.1, -0.05) is 17.7 Å². The average molecular weight is 294 g/mol. The fraction of sp³-hybridized carbons (Fsp3) is 0.267. The van der Waals surface area contributed by atoms with Crippen LogP contribution in [-0.4, -0.2) is 22.8 Å². The molecule has 1 aromatic heterocycles. The number of rotatable bonds is 4. The number of methoxy groups -OCH3 is 1. The van der Waals surface area contributed by atoms with Crippen LogP contribution in [0.2, 0.25) is 5.02 Å². The SMILES string of the molecule is COc1cccc(Cl)c1Cn1c(C)cc(C(=O)O)c1C. The van der Waals surface area contributed by atoms with E-state index in [-0.39, 0.29) is 0 Å². The standard InChI is InChI=1S/C15H16ClNO3/c1-9-7-11(15(18)19)10(2)17(9)8-12-13(16)5-4-6-14(12)20-3/h4-7H,8H2,1-3H3,(H,18,19). The number of ether oxygens (including phenoxy) is 1. The van der Waals surface area contributed by atoms with Crippen molar-refractivity contribution in [2.24, 2.45) is 0 Å². The number of halogens is 1. The number of aromatic carboxylic acids is 1. The molecule has 20 heavy (non-hydrogen) atoms. The van der Waals surface area contributed by atoms with Crippen LogP contribution >= 0.6 is 11.6 Å². The topological polar surface area (TPSA) is 51.5 Å². The zero-order valence-electron chi connectivity index (χ0n) is 11.6. The average Bonchev–Trinajstić information content (AvgIpc) is 2.68. The number of carboxylic acid groups (broad SMARTS) is 1. The fourth-order valence-electron chi connectivity index (χ4n) is 2.30. The number of benzene rings is 1. The molecule has 0 bridgehead atoms. The molecule has 0 amide bonds. The Kier molecular flexibility index (Phi) is 4.04. The molecule has 0 saturated carbocycles. The minimum absolute atomic E-state index is 0.313. The van der Waals surface area contributed by atoms with Crippen LogP contribution in [0.4, 0.5) is 0 Å². The molecular formula is C15H16ClNO3. The van der Waals surface area contributed by atoms with Crippen LogP contribution in [0.1, 0.15) is 27.3 Å². The Balaban J connectivity index is 2.48. The zero-order chi connectivity index (χ0) is 14.9. The minimum atomic E-state index is -0.921. The van der Waals surface area contributed by atoms with E-state index >= 15 is 0 Å². The van der Waals surface area contributed by atoms with Crippen LogP contribution in [0.3, 0.4) is 0 Å². The van der Waals surface area contributed by atoms with E-state index in [2.05, 4.69) is 0 Å². The Morgan fingerprint density at radius 1 is 1.40 bits per heavy atom. The lowest BCUT2D eigenvalue weighted by atomic mass is 10.2. The highest BCUT2D eigenvalue weighted by molar-refractivity contribution is 6.31. The molecule has 0 aliphatic carbocycles. The van der Waals surface area contributed by atoms with Crippen molar-refractivity contribution in [2.45, 2.75) is 20.4 Å². The molecule has 2 aromatic rings. The number of aryl methyl sites for hydroxylation is 1. The Morgan fingerprint density at radius 2 is 2.10 bits per heavy atom. The smallest absolute Gasteiger partial charge is 0.337 e. The second-order valence-electron chi connectivity index (χ2n) is 4.60. The summed E-state index contributed by atoms with van der Waals surface area (Å²) in [6.45, 7) is 4.15. The van der Waals surface area contributed by atoms with Gasteiger partial charge in [-0.15, -0.1) is 0 Å². The van der Waals surface area contributed by atoms with Crippen molar-refractivity contribution in [2.75, 3.05) is 7.11 Å². The molecule has 1 heterocycles. The van der Waals surface area contributed by atoms with Crippen LogP contribution in [0.5, 0.6) is 5.75 Å². The maximum absolute atomic E-state index is 11.2. The summed E-state index contributed by atoms with van der Waals surface area (Å²) in [5.41, 5.74) is 2.74. The van der Waals surface area contributed by atoms with Gasteiger partial charge in [0.25, 0.3) is 0 Å². The second kappa shape index (κ2) is 5.59. The van der Waals surface area contributed by atoms with Gasteiger partial charge in [-0.2, -0.15) is 0 Å². The van der Waals surface area contributed by atoms with Crippen molar-refractivity contribution in [1.29, 1.82) is 0 Å². The van der Waals surface area contributed by atoms with E-state index in [4.69, 9.17) is 21.4 Å². The Labute approximate surface area is 122 Å². The van der Waals surface area contributed by atoms with E-state index in [1.807, 2.05) is 23.6 Å². The number of hydrogen-bond donors (Lipinski definition) is 1. The fourth-order valence-corrected chi connectivity index (χ4v) is 2.53. The van der Waals surface area contributed by atoms with Gasteiger partial charge in [-0.25, -0.2) is 4.79 Å². The number of nitrogens with zero attached hydrogens (tertiary/aromatic N) is 1. The van der Waals surface area contributed by atoms with Crippen LogP contribution in [0.25, 0.3) is 0 Å². The van der Waals surface area contributed by atoms with E-state index in [1.54, 1.807) is 26.2 Å². The van der Waals surface area contributed by atoms with E-state index in [1.165, 1.54) is 0 Å². The maximum Gasteiger partial charge on any atom is 0.337 e. The first-order valence-electron chi connectivity index (χ1n) is 6.17.